The molecule has 1 atom stereocenters. The molecule has 1 aliphatic rings. The third-order valence-corrected chi connectivity index (χ3v) is 3.66. The Labute approximate surface area is 108 Å². The summed E-state index contributed by atoms with van der Waals surface area (Å²) in [4.78, 5) is 6.53. The Balaban J connectivity index is 2.43. The van der Waals surface area contributed by atoms with Gasteiger partial charge in [-0.3, -0.25) is 0 Å². The van der Waals surface area contributed by atoms with E-state index >= 15 is 0 Å². The van der Waals surface area contributed by atoms with Crippen LogP contribution >= 0.6 is 0 Å². The summed E-state index contributed by atoms with van der Waals surface area (Å²) in [6, 6.07) is 4.15. The maximum atomic E-state index is 9.24. The predicted molar refractivity (Wildman–Crippen MR) is 70.5 cm³/mol. The molecule has 0 spiro atoms. The summed E-state index contributed by atoms with van der Waals surface area (Å²) in [5, 5.41) is 18.5. The van der Waals surface area contributed by atoms with Crippen molar-refractivity contribution in [1.82, 2.24) is 4.98 Å². The summed E-state index contributed by atoms with van der Waals surface area (Å²) in [5.74, 6) is 0.694. The van der Waals surface area contributed by atoms with Gasteiger partial charge in [0.05, 0.1) is 18.2 Å². The first-order valence-electron chi connectivity index (χ1n) is 6.44. The molecule has 1 unspecified atom stereocenters. The number of pyridine rings is 1. The zero-order chi connectivity index (χ0) is 13.1. The van der Waals surface area contributed by atoms with Crippen LogP contribution in [0.15, 0.2) is 6.07 Å². The van der Waals surface area contributed by atoms with Crippen LogP contribution in [0.4, 0.5) is 5.82 Å². The van der Waals surface area contributed by atoms with Crippen molar-refractivity contribution in [2.24, 2.45) is 0 Å². The van der Waals surface area contributed by atoms with E-state index in [9.17, 15) is 10.4 Å². The topological polar surface area (TPSA) is 60.1 Å². The van der Waals surface area contributed by atoms with Crippen molar-refractivity contribution in [3.05, 3.63) is 22.9 Å². The highest BCUT2D eigenvalue weighted by atomic mass is 16.3. The minimum Gasteiger partial charge on any atom is -0.394 e. The predicted octanol–water partition coefficient (Wildman–Crippen LogP) is 1.65. The molecule has 0 amide bonds. The minimum atomic E-state index is -0.0359. The van der Waals surface area contributed by atoms with E-state index in [2.05, 4.69) is 11.1 Å². The first kappa shape index (κ1) is 12.8. The fraction of sp³-hybridized carbons (Fsp3) is 0.571. The summed E-state index contributed by atoms with van der Waals surface area (Å²) in [5.41, 5.74) is 2.94. The number of nitrogens with zero attached hydrogens (tertiary/aromatic N) is 3. The Hall–Kier alpha value is -1.60. The third-order valence-electron chi connectivity index (χ3n) is 3.66. The van der Waals surface area contributed by atoms with Crippen molar-refractivity contribution in [3.8, 4) is 6.07 Å². The maximum absolute atomic E-state index is 9.24. The third kappa shape index (κ3) is 2.32. The summed E-state index contributed by atoms with van der Waals surface area (Å²) in [7, 11) is 1.87. The van der Waals surface area contributed by atoms with Gasteiger partial charge in [-0.2, -0.15) is 5.26 Å². The standard InChI is InChI=1S/C14H19N3O/c1-10(9-18)17(2)14-12(8-15)7-11-5-3-4-6-13(11)16-14/h7,10,18H,3-6,9H2,1-2H3. The second-order valence-corrected chi connectivity index (χ2v) is 4.93. The summed E-state index contributed by atoms with van der Waals surface area (Å²) in [6.07, 6.45) is 4.37. The molecule has 0 radical (unpaired) electrons. The second-order valence-electron chi connectivity index (χ2n) is 4.93. The van der Waals surface area contributed by atoms with Crippen molar-refractivity contribution in [1.29, 1.82) is 5.26 Å². The number of aliphatic hydroxyl groups is 1. The average molecular weight is 245 g/mol. The number of anilines is 1. The molecule has 96 valence electrons. The molecule has 4 heteroatoms. The number of rotatable bonds is 3. The summed E-state index contributed by atoms with van der Waals surface area (Å²) >= 11 is 0. The van der Waals surface area contributed by atoms with Gasteiger partial charge < -0.3 is 10.0 Å². The molecule has 0 bridgehead atoms. The smallest absolute Gasteiger partial charge is 0.146 e. The number of nitriles is 1. The first-order valence-corrected chi connectivity index (χ1v) is 6.44. The minimum absolute atomic E-state index is 0.0359. The number of likely N-dealkylation sites (N-methyl/N-ethyl adjacent to an activating group) is 1. The lowest BCUT2D eigenvalue weighted by Crippen LogP contribution is -2.33. The molecule has 1 aromatic rings. The van der Waals surface area contributed by atoms with Gasteiger partial charge in [-0.15, -0.1) is 0 Å². The van der Waals surface area contributed by atoms with Crippen LogP contribution < -0.4 is 4.90 Å². The lowest BCUT2D eigenvalue weighted by molar-refractivity contribution is 0.269. The molecular formula is C14H19N3O. The van der Waals surface area contributed by atoms with E-state index in [1.54, 1.807) is 0 Å². The van der Waals surface area contributed by atoms with Gasteiger partial charge in [-0.05, 0) is 44.2 Å². The Morgan fingerprint density at radius 1 is 1.50 bits per heavy atom. The average Bonchev–Trinajstić information content (AvgIpc) is 2.44. The molecule has 0 saturated heterocycles. The molecule has 18 heavy (non-hydrogen) atoms. The van der Waals surface area contributed by atoms with Gasteiger partial charge >= 0.3 is 0 Å². The zero-order valence-electron chi connectivity index (χ0n) is 11.0. The highest BCUT2D eigenvalue weighted by molar-refractivity contribution is 5.56. The lowest BCUT2D eigenvalue weighted by Gasteiger charge is -2.27. The van der Waals surface area contributed by atoms with Crippen LogP contribution in [0.2, 0.25) is 0 Å². The number of fused-ring (bicyclic) bond motifs is 1. The summed E-state index contributed by atoms with van der Waals surface area (Å²) < 4.78 is 0. The van der Waals surface area contributed by atoms with Crippen LogP contribution in [0.25, 0.3) is 0 Å². The zero-order valence-corrected chi connectivity index (χ0v) is 11.0. The second kappa shape index (κ2) is 5.36. The number of aliphatic hydroxyl groups excluding tert-OH is 1. The van der Waals surface area contributed by atoms with Crippen LogP contribution in [0.1, 0.15) is 36.6 Å². The molecule has 0 fully saturated rings. The van der Waals surface area contributed by atoms with E-state index in [0.29, 0.717) is 11.4 Å². The Bertz CT molecular complexity index is 479. The van der Waals surface area contributed by atoms with Gasteiger partial charge in [0.1, 0.15) is 11.9 Å². The van der Waals surface area contributed by atoms with Crippen molar-refractivity contribution < 1.29 is 5.11 Å². The molecule has 4 nitrogen and oxygen atoms in total. The van der Waals surface area contributed by atoms with Crippen molar-refractivity contribution in [2.75, 3.05) is 18.6 Å². The number of aryl methyl sites for hydroxylation is 2. The molecule has 0 saturated carbocycles. The van der Waals surface area contributed by atoms with Gasteiger partial charge in [-0.25, -0.2) is 4.98 Å². The monoisotopic (exact) mass is 245 g/mol. The van der Waals surface area contributed by atoms with E-state index in [1.807, 2.05) is 24.9 Å². The molecule has 0 aromatic carbocycles. The maximum Gasteiger partial charge on any atom is 0.146 e. The number of hydrogen-bond acceptors (Lipinski definition) is 4. The van der Waals surface area contributed by atoms with Crippen LogP contribution in [-0.4, -0.2) is 29.8 Å². The van der Waals surface area contributed by atoms with E-state index in [4.69, 9.17) is 0 Å². The normalized spacial score (nSPS) is 15.7. The Morgan fingerprint density at radius 2 is 2.22 bits per heavy atom. The largest absolute Gasteiger partial charge is 0.394 e. The molecule has 1 N–H and O–H groups in total. The molecule has 1 aromatic heterocycles. The van der Waals surface area contributed by atoms with E-state index in [1.165, 1.54) is 18.4 Å². The highest BCUT2D eigenvalue weighted by Gasteiger charge is 2.19. The van der Waals surface area contributed by atoms with Gasteiger partial charge in [-0.1, -0.05) is 0 Å². The Kier molecular flexibility index (Phi) is 3.83. The van der Waals surface area contributed by atoms with E-state index in [-0.39, 0.29) is 12.6 Å². The number of aromatic nitrogens is 1. The van der Waals surface area contributed by atoms with Crippen LogP contribution in [-0.2, 0) is 12.8 Å². The van der Waals surface area contributed by atoms with Gasteiger partial charge in [0, 0.05) is 12.7 Å². The van der Waals surface area contributed by atoms with Crippen molar-refractivity contribution in [2.45, 2.75) is 38.6 Å². The van der Waals surface area contributed by atoms with Crippen LogP contribution in [0, 0.1) is 11.3 Å². The molecule has 1 heterocycles. The van der Waals surface area contributed by atoms with Gasteiger partial charge in [0.15, 0.2) is 0 Å². The van der Waals surface area contributed by atoms with Gasteiger partial charge in [0.2, 0.25) is 0 Å². The quantitative estimate of drug-likeness (QED) is 0.879. The van der Waals surface area contributed by atoms with Crippen molar-refractivity contribution >= 4 is 5.82 Å². The van der Waals surface area contributed by atoms with Crippen molar-refractivity contribution in [3.63, 3.8) is 0 Å². The van der Waals surface area contributed by atoms with Gasteiger partial charge in [0.25, 0.3) is 0 Å². The van der Waals surface area contributed by atoms with E-state index in [0.717, 1.165) is 18.5 Å². The molecular weight excluding hydrogens is 226 g/mol. The van der Waals surface area contributed by atoms with E-state index < -0.39 is 0 Å². The highest BCUT2D eigenvalue weighted by Crippen LogP contribution is 2.26. The van der Waals surface area contributed by atoms with Crippen LogP contribution in [0.3, 0.4) is 0 Å². The SMILES string of the molecule is CC(CO)N(C)c1nc2c(cc1C#N)CCCC2. The fourth-order valence-electron chi connectivity index (χ4n) is 2.31. The lowest BCUT2D eigenvalue weighted by atomic mass is 9.95. The first-order chi connectivity index (χ1) is 8.67. The van der Waals surface area contributed by atoms with Crippen LogP contribution in [0.5, 0.6) is 0 Å². The molecule has 0 aliphatic heterocycles. The molecule has 2 rings (SSSR count). The number of hydrogen-bond donors (Lipinski definition) is 1. The summed E-state index contributed by atoms with van der Waals surface area (Å²) in [6.45, 7) is 1.97. The Morgan fingerprint density at radius 3 is 2.89 bits per heavy atom. The fourth-order valence-corrected chi connectivity index (χ4v) is 2.31. The molecule has 1 aliphatic carbocycles.